The predicted molar refractivity (Wildman–Crippen MR) is 94.0 cm³/mol. The first-order valence-corrected chi connectivity index (χ1v) is 9.13. The van der Waals surface area contributed by atoms with Crippen molar-refractivity contribution in [1.29, 1.82) is 0 Å². The van der Waals surface area contributed by atoms with Gasteiger partial charge in [0.2, 0.25) is 10.9 Å². The first-order chi connectivity index (χ1) is 11.6. The summed E-state index contributed by atoms with van der Waals surface area (Å²) in [7, 11) is 0. The highest BCUT2D eigenvalue weighted by atomic mass is 35.5. The second-order valence-electron chi connectivity index (χ2n) is 5.70. The molecule has 124 valence electrons. The molecule has 0 aliphatic heterocycles. The Morgan fingerprint density at radius 3 is 2.88 bits per heavy atom. The molecule has 1 aliphatic carbocycles. The van der Waals surface area contributed by atoms with Gasteiger partial charge in [0, 0.05) is 24.4 Å². The monoisotopic (exact) mass is 381 g/mol. The van der Waals surface area contributed by atoms with E-state index in [2.05, 4.69) is 20.6 Å². The largest absolute Gasteiger partial charge is 0.326 e. The van der Waals surface area contributed by atoms with Gasteiger partial charge in [-0.1, -0.05) is 34.5 Å². The van der Waals surface area contributed by atoms with Crippen molar-refractivity contribution in [2.24, 2.45) is 0 Å². The van der Waals surface area contributed by atoms with Gasteiger partial charge in [-0.2, -0.15) is 9.61 Å². The van der Waals surface area contributed by atoms with Crippen LogP contribution in [0.15, 0.2) is 18.2 Å². The van der Waals surface area contributed by atoms with Gasteiger partial charge in [0.05, 0.1) is 10.0 Å². The van der Waals surface area contributed by atoms with Crippen LogP contribution in [0.25, 0.3) is 4.96 Å². The first kappa shape index (κ1) is 15.8. The van der Waals surface area contributed by atoms with E-state index in [0.717, 1.165) is 28.6 Å². The van der Waals surface area contributed by atoms with E-state index in [4.69, 9.17) is 23.2 Å². The molecule has 9 heteroatoms. The summed E-state index contributed by atoms with van der Waals surface area (Å²) in [4.78, 5) is 12.9. The van der Waals surface area contributed by atoms with Crippen LogP contribution in [0.3, 0.4) is 0 Å². The van der Waals surface area contributed by atoms with E-state index in [1.165, 1.54) is 11.3 Å². The van der Waals surface area contributed by atoms with E-state index in [1.807, 2.05) is 4.52 Å². The molecule has 24 heavy (non-hydrogen) atoms. The number of benzene rings is 1. The molecular weight excluding hydrogens is 369 g/mol. The number of aryl methyl sites for hydroxylation is 1. The molecule has 1 saturated carbocycles. The Kier molecular flexibility index (Phi) is 4.15. The first-order valence-electron chi connectivity index (χ1n) is 7.56. The maximum atomic E-state index is 12.1. The van der Waals surface area contributed by atoms with Gasteiger partial charge in [0.25, 0.3) is 0 Å². The summed E-state index contributed by atoms with van der Waals surface area (Å²) < 4.78 is 1.81. The van der Waals surface area contributed by atoms with Gasteiger partial charge < -0.3 is 5.32 Å². The lowest BCUT2D eigenvalue weighted by Crippen LogP contribution is -2.12. The number of rotatable bonds is 5. The number of carbonyl (C=O) groups excluding carboxylic acids is 1. The Labute approximate surface area is 151 Å². The van der Waals surface area contributed by atoms with E-state index in [1.54, 1.807) is 18.2 Å². The topological polar surface area (TPSA) is 72.2 Å². The van der Waals surface area contributed by atoms with Crippen LogP contribution in [0.2, 0.25) is 10.0 Å². The summed E-state index contributed by atoms with van der Waals surface area (Å²) in [5, 5.41) is 17.4. The number of hydrogen-bond acceptors (Lipinski definition) is 5. The average molecular weight is 382 g/mol. The van der Waals surface area contributed by atoms with Crippen molar-refractivity contribution >= 4 is 51.1 Å². The highest BCUT2D eigenvalue weighted by Gasteiger charge is 2.30. The number of carbonyl (C=O) groups is 1. The maximum Gasteiger partial charge on any atom is 0.234 e. The van der Waals surface area contributed by atoms with Crippen molar-refractivity contribution in [1.82, 2.24) is 19.8 Å². The molecule has 1 aromatic carbocycles. The molecule has 6 nitrogen and oxygen atoms in total. The highest BCUT2D eigenvalue weighted by Crippen LogP contribution is 2.39. The number of nitrogens with zero attached hydrogens (tertiary/aromatic N) is 4. The van der Waals surface area contributed by atoms with E-state index in [0.29, 0.717) is 34.5 Å². The second kappa shape index (κ2) is 6.31. The van der Waals surface area contributed by atoms with Gasteiger partial charge in [-0.15, -0.1) is 10.2 Å². The van der Waals surface area contributed by atoms with E-state index >= 15 is 0 Å². The molecule has 1 N–H and O–H groups in total. The zero-order chi connectivity index (χ0) is 16.7. The van der Waals surface area contributed by atoms with Crippen LogP contribution in [0.5, 0.6) is 0 Å². The third-order valence-electron chi connectivity index (χ3n) is 3.77. The lowest BCUT2D eigenvalue weighted by molar-refractivity contribution is -0.116. The SMILES string of the molecule is O=C(CCc1nn2c(C3CC3)nnc2s1)Nc1ccc(Cl)c(Cl)c1. The minimum atomic E-state index is -0.0956. The van der Waals surface area contributed by atoms with Crippen LogP contribution < -0.4 is 5.32 Å². The number of hydrogen-bond donors (Lipinski definition) is 1. The smallest absolute Gasteiger partial charge is 0.234 e. The molecule has 0 bridgehead atoms. The Hall–Kier alpha value is -1.70. The molecule has 0 saturated heterocycles. The van der Waals surface area contributed by atoms with Crippen LogP contribution >= 0.6 is 34.5 Å². The standard InChI is InChI=1S/C15H13Cl2N5OS/c16-10-4-3-9(7-11(10)17)18-12(23)5-6-13-21-22-14(8-1-2-8)19-20-15(22)24-13/h3-4,7-8H,1-2,5-6H2,(H,18,23). The fourth-order valence-electron chi connectivity index (χ4n) is 2.39. The van der Waals surface area contributed by atoms with Crippen LogP contribution in [-0.2, 0) is 11.2 Å². The predicted octanol–water partition coefficient (Wildman–Crippen LogP) is 3.94. The number of aromatic nitrogens is 4. The third kappa shape index (κ3) is 3.24. The number of anilines is 1. The van der Waals surface area contributed by atoms with Crippen LogP contribution in [0, 0.1) is 0 Å². The van der Waals surface area contributed by atoms with Crippen molar-refractivity contribution in [2.75, 3.05) is 5.32 Å². The Balaban J connectivity index is 1.39. The molecule has 1 aliphatic rings. The van der Waals surface area contributed by atoms with E-state index in [-0.39, 0.29) is 5.91 Å². The average Bonchev–Trinajstić information content (AvgIpc) is 3.18. The number of halogens is 2. The van der Waals surface area contributed by atoms with Gasteiger partial charge in [-0.05, 0) is 31.0 Å². The molecule has 0 spiro atoms. The summed E-state index contributed by atoms with van der Waals surface area (Å²) in [6.07, 6.45) is 3.20. The summed E-state index contributed by atoms with van der Waals surface area (Å²) in [5.74, 6) is 1.34. The molecule has 2 aromatic heterocycles. The molecule has 4 rings (SSSR count). The number of amides is 1. The summed E-state index contributed by atoms with van der Waals surface area (Å²) in [5.41, 5.74) is 0.628. The fourth-order valence-corrected chi connectivity index (χ4v) is 3.52. The summed E-state index contributed by atoms with van der Waals surface area (Å²) >= 11 is 13.3. The van der Waals surface area contributed by atoms with E-state index in [9.17, 15) is 4.79 Å². The van der Waals surface area contributed by atoms with Crippen LogP contribution in [0.1, 0.15) is 36.0 Å². The van der Waals surface area contributed by atoms with Crippen molar-refractivity contribution < 1.29 is 4.79 Å². The van der Waals surface area contributed by atoms with Crippen LogP contribution in [-0.4, -0.2) is 25.7 Å². The number of fused-ring (bicyclic) bond motifs is 1. The van der Waals surface area contributed by atoms with Gasteiger partial charge in [0.1, 0.15) is 5.01 Å². The van der Waals surface area contributed by atoms with Gasteiger partial charge in [-0.25, -0.2) is 0 Å². The van der Waals surface area contributed by atoms with Gasteiger partial charge in [0.15, 0.2) is 5.82 Å². The van der Waals surface area contributed by atoms with Gasteiger partial charge in [-0.3, -0.25) is 4.79 Å². The molecule has 3 aromatic rings. The maximum absolute atomic E-state index is 12.1. The third-order valence-corrected chi connectivity index (χ3v) is 5.47. The fraction of sp³-hybridized carbons (Fsp3) is 0.333. The lowest BCUT2D eigenvalue weighted by atomic mass is 10.2. The molecule has 1 amide bonds. The molecular formula is C15H13Cl2N5OS. The van der Waals surface area contributed by atoms with Gasteiger partial charge >= 0.3 is 0 Å². The molecule has 0 atom stereocenters. The normalized spacial score (nSPS) is 14.2. The Bertz CT molecular complexity index is 918. The molecule has 0 radical (unpaired) electrons. The minimum absolute atomic E-state index is 0.0956. The van der Waals surface area contributed by atoms with Crippen molar-refractivity contribution in [2.45, 2.75) is 31.6 Å². The van der Waals surface area contributed by atoms with Crippen molar-refractivity contribution in [3.63, 3.8) is 0 Å². The van der Waals surface area contributed by atoms with E-state index < -0.39 is 0 Å². The summed E-state index contributed by atoms with van der Waals surface area (Å²) in [6, 6.07) is 5.01. The zero-order valence-corrected chi connectivity index (χ0v) is 14.8. The van der Waals surface area contributed by atoms with Crippen molar-refractivity contribution in [3.05, 3.63) is 39.1 Å². The zero-order valence-electron chi connectivity index (χ0n) is 12.5. The summed E-state index contributed by atoms with van der Waals surface area (Å²) in [6.45, 7) is 0. The quantitative estimate of drug-likeness (QED) is 0.726. The van der Waals surface area contributed by atoms with Crippen molar-refractivity contribution in [3.8, 4) is 0 Å². The minimum Gasteiger partial charge on any atom is -0.326 e. The van der Waals surface area contributed by atoms with Crippen LogP contribution in [0.4, 0.5) is 5.69 Å². The second-order valence-corrected chi connectivity index (χ2v) is 7.55. The lowest BCUT2D eigenvalue weighted by Gasteiger charge is -2.05. The highest BCUT2D eigenvalue weighted by molar-refractivity contribution is 7.16. The molecule has 0 unspecified atom stereocenters. The Morgan fingerprint density at radius 1 is 1.29 bits per heavy atom. The Morgan fingerprint density at radius 2 is 2.12 bits per heavy atom. The molecule has 1 fully saturated rings. The number of nitrogens with one attached hydrogen (secondary N) is 1. The molecule has 2 heterocycles.